The van der Waals surface area contributed by atoms with E-state index in [9.17, 15) is 4.39 Å². The van der Waals surface area contributed by atoms with Crippen LogP contribution in [0, 0.1) is 11.7 Å². The van der Waals surface area contributed by atoms with E-state index in [2.05, 4.69) is 28.4 Å². The monoisotopic (exact) mass is 297 g/mol. The van der Waals surface area contributed by atoms with Crippen molar-refractivity contribution in [3.8, 4) is 22.5 Å². The van der Waals surface area contributed by atoms with Crippen molar-refractivity contribution < 1.29 is 4.39 Å². The molecule has 0 unspecified atom stereocenters. The second-order valence-corrected chi connectivity index (χ2v) is 5.92. The minimum Gasteiger partial charge on any atom is -0.367 e. The van der Waals surface area contributed by atoms with Crippen molar-refractivity contribution in [2.75, 3.05) is 0 Å². The lowest BCUT2D eigenvalue weighted by Gasteiger charge is -2.10. The van der Waals surface area contributed by atoms with Gasteiger partial charge in [0.25, 0.3) is 0 Å². The van der Waals surface area contributed by atoms with Crippen LogP contribution in [0.25, 0.3) is 22.5 Å². The number of nitrogens with one attached hydrogen (secondary N) is 1. The Morgan fingerprint density at radius 2 is 1.91 bits per heavy atom. The summed E-state index contributed by atoms with van der Waals surface area (Å²) in [6.07, 6.45) is 6.85. The van der Waals surface area contributed by atoms with Crippen LogP contribution in [0.3, 0.4) is 0 Å². The average molecular weight is 297 g/mol. The molecule has 4 heteroatoms. The van der Waals surface area contributed by atoms with Gasteiger partial charge in [0.15, 0.2) is 0 Å². The largest absolute Gasteiger partial charge is 0.367 e. The molecule has 2 heterocycles. The van der Waals surface area contributed by atoms with Gasteiger partial charge in [-0.2, -0.15) is 0 Å². The third-order valence-corrected chi connectivity index (χ3v) is 3.77. The number of halogens is 1. The molecule has 1 aromatic carbocycles. The second-order valence-electron chi connectivity index (χ2n) is 5.92. The van der Waals surface area contributed by atoms with Gasteiger partial charge in [0.2, 0.25) is 0 Å². The Hall–Kier alpha value is -2.36. The summed E-state index contributed by atoms with van der Waals surface area (Å²) in [4.78, 5) is 7.67. The first-order valence-corrected chi connectivity index (χ1v) is 7.59. The third-order valence-electron chi connectivity index (χ3n) is 3.77. The van der Waals surface area contributed by atoms with Gasteiger partial charge in [-0.1, -0.05) is 13.8 Å². The van der Waals surface area contributed by atoms with Gasteiger partial charge in [0.05, 0.1) is 17.7 Å². The van der Waals surface area contributed by atoms with Crippen molar-refractivity contribution in [3.63, 3.8) is 0 Å². The number of nitrogens with zero attached hydrogens (tertiary/aromatic N) is 2. The first-order valence-electron chi connectivity index (χ1n) is 7.59. The molecule has 2 aromatic heterocycles. The smallest absolute Gasteiger partial charge is 0.123 e. The van der Waals surface area contributed by atoms with E-state index in [0.717, 1.165) is 35.5 Å². The van der Waals surface area contributed by atoms with E-state index in [1.54, 1.807) is 12.1 Å². The van der Waals surface area contributed by atoms with Crippen LogP contribution in [0.5, 0.6) is 0 Å². The SMILES string of the molecule is CC(C)CCn1cnc(-c2ccc(F)cc2)c1-c1cc[nH]c1. The van der Waals surface area contributed by atoms with Gasteiger partial charge in [0, 0.05) is 30.1 Å². The van der Waals surface area contributed by atoms with Crippen LogP contribution in [0.1, 0.15) is 20.3 Å². The van der Waals surface area contributed by atoms with Crippen LogP contribution in [-0.4, -0.2) is 14.5 Å². The summed E-state index contributed by atoms with van der Waals surface area (Å²) in [5, 5.41) is 0. The van der Waals surface area contributed by atoms with Crippen LogP contribution in [-0.2, 0) is 6.54 Å². The fourth-order valence-electron chi connectivity index (χ4n) is 2.54. The van der Waals surface area contributed by atoms with E-state index in [1.165, 1.54) is 12.1 Å². The Morgan fingerprint density at radius 3 is 2.55 bits per heavy atom. The lowest BCUT2D eigenvalue weighted by atomic mass is 10.1. The summed E-state index contributed by atoms with van der Waals surface area (Å²) < 4.78 is 15.3. The number of hydrogen-bond acceptors (Lipinski definition) is 1. The molecular weight excluding hydrogens is 277 g/mol. The van der Waals surface area contributed by atoms with E-state index in [-0.39, 0.29) is 5.82 Å². The molecule has 22 heavy (non-hydrogen) atoms. The van der Waals surface area contributed by atoms with E-state index in [4.69, 9.17) is 0 Å². The minimum atomic E-state index is -0.230. The number of aryl methyl sites for hydroxylation is 1. The standard InChI is InChI=1S/C18H20FN3/c1-13(2)8-10-22-12-21-17(14-3-5-16(19)6-4-14)18(22)15-7-9-20-11-15/h3-7,9,11-13,20H,8,10H2,1-2H3. The minimum absolute atomic E-state index is 0.230. The topological polar surface area (TPSA) is 33.6 Å². The van der Waals surface area contributed by atoms with Gasteiger partial charge in [-0.05, 0) is 42.7 Å². The van der Waals surface area contributed by atoms with Crippen molar-refractivity contribution in [2.45, 2.75) is 26.8 Å². The summed E-state index contributed by atoms with van der Waals surface area (Å²) in [6, 6.07) is 8.55. The summed E-state index contributed by atoms with van der Waals surface area (Å²) in [5.41, 5.74) is 4.00. The van der Waals surface area contributed by atoms with Gasteiger partial charge in [-0.25, -0.2) is 9.37 Å². The molecule has 3 nitrogen and oxygen atoms in total. The van der Waals surface area contributed by atoms with Crippen molar-refractivity contribution in [1.29, 1.82) is 0 Å². The highest BCUT2D eigenvalue weighted by Gasteiger charge is 2.15. The summed E-state index contributed by atoms with van der Waals surface area (Å²) in [7, 11) is 0. The molecule has 0 aliphatic heterocycles. The summed E-state index contributed by atoms with van der Waals surface area (Å²) >= 11 is 0. The van der Waals surface area contributed by atoms with Crippen LogP contribution in [0.4, 0.5) is 4.39 Å². The summed E-state index contributed by atoms with van der Waals surface area (Å²) in [6.45, 7) is 5.36. The molecule has 0 aliphatic rings. The molecule has 0 fully saturated rings. The molecule has 3 aromatic rings. The Balaban J connectivity index is 2.04. The molecule has 1 N–H and O–H groups in total. The molecule has 0 saturated carbocycles. The van der Waals surface area contributed by atoms with E-state index in [0.29, 0.717) is 5.92 Å². The Bertz CT molecular complexity index is 724. The zero-order valence-electron chi connectivity index (χ0n) is 12.9. The van der Waals surface area contributed by atoms with Crippen LogP contribution in [0.15, 0.2) is 49.1 Å². The fraction of sp³-hybridized carbons (Fsp3) is 0.278. The van der Waals surface area contributed by atoms with Crippen molar-refractivity contribution in [2.24, 2.45) is 5.92 Å². The maximum atomic E-state index is 13.2. The van der Waals surface area contributed by atoms with Gasteiger partial charge >= 0.3 is 0 Å². The molecule has 0 bridgehead atoms. The number of H-pyrrole nitrogens is 1. The Kier molecular flexibility index (Phi) is 4.09. The molecular formula is C18H20FN3. The van der Waals surface area contributed by atoms with Gasteiger partial charge < -0.3 is 9.55 Å². The zero-order chi connectivity index (χ0) is 15.5. The number of aromatic nitrogens is 3. The molecule has 0 atom stereocenters. The predicted molar refractivity (Wildman–Crippen MR) is 86.9 cm³/mol. The van der Waals surface area contributed by atoms with E-state index in [1.807, 2.05) is 24.8 Å². The number of imidazole rings is 1. The van der Waals surface area contributed by atoms with Crippen LogP contribution < -0.4 is 0 Å². The van der Waals surface area contributed by atoms with Gasteiger partial charge in [0.1, 0.15) is 5.82 Å². The Labute approximate surface area is 129 Å². The maximum absolute atomic E-state index is 13.2. The number of hydrogen-bond donors (Lipinski definition) is 1. The highest BCUT2D eigenvalue weighted by Crippen LogP contribution is 2.31. The molecule has 0 aliphatic carbocycles. The summed E-state index contributed by atoms with van der Waals surface area (Å²) in [5.74, 6) is 0.405. The first kappa shape index (κ1) is 14.6. The third kappa shape index (κ3) is 2.96. The van der Waals surface area contributed by atoms with Crippen LogP contribution in [0.2, 0.25) is 0 Å². The lowest BCUT2D eigenvalue weighted by molar-refractivity contribution is 0.518. The molecule has 0 saturated heterocycles. The van der Waals surface area contributed by atoms with E-state index < -0.39 is 0 Å². The molecule has 0 radical (unpaired) electrons. The van der Waals surface area contributed by atoms with E-state index >= 15 is 0 Å². The first-order chi connectivity index (χ1) is 10.6. The van der Waals surface area contributed by atoms with Crippen LogP contribution >= 0.6 is 0 Å². The van der Waals surface area contributed by atoms with Gasteiger partial charge in [-0.15, -0.1) is 0 Å². The van der Waals surface area contributed by atoms with Gasteiger partial charge in [-0.3, -0.25) is 0 Å². The Morgan fingerprint density at radius 1 is 1.14 bits per heavy atom. The quantitative estimate of drug-likeness (QED) is 0.725. The highest BCUT2D eigenvalue weighted by atomic mass is 19.1. The maximum Gasteiger partial charge on any atom is 0.123 e. The molecule has 114 valence electrons. The lowest BCUT2D eigenvalue weighted by Crippen LogP contribution is -2.02. The second kappa shape index (κ2) is 6.18. The normalized spacial score (nSPS) is 11.3. The average Bonchev–Trinajstić information content (AvgIpc) is 3.14. The number of rotatable bonds is 5. The number of aromatic amines is 1. The molecule has 0 spiro atoms. The zero-order valence-corrected chi connectivity index (χ0v) is 12.9. The predicted octanol–water partition coefficient (Wildman–Crippen LogP) is 4.73. The van der Waals surface area contributed by atoms with Crippen molar-refractivity contribution in [3.05, 3.63) is 54.9 Å². The molecule has 0 amide bonds. The molecule has 3 rings (SSSR count). The van der Waals surface area contributed by atoms with Crippen molar-refractivity contribution >= 4 is 0 Å². The number of benzene rings is 1. The van der Waals surface area contributed by atoms with Crippen molar-refractivity contribution in [1.82, 2.24) is 14.5 Å². The highest BCUT2D eigenvalue weighted by molar-refractivity contribution is 5.78. The fourth-order valence-corrected chi connectivity index (χ4v) is 2.54.